The summed E-state index contributed by atoms with van der Waals surface area (Å²) in [6.45, 7) is 6.09. The standard InChI is InChI=1S/C14H25NO5/c1-3-19-8-5-7-15(10-11(2)14(17)18)13(16)12-6-4-9-20-12/h11-12H,3-10H2,1-2H3,(H,17,18). The number of rotatable bonds is 9. The summed E-state index contributed by atoms with van der Waals surface area (Å²) >= 11 is 0. The second-order valence-corrected chi connectivity index (χ2v) is 5.08. The highest BCUT2D eigenvalue weighted by Crippen LogP contribution is 2.16. The molecule has 116 valence electrons. The minimum atomic E-state index is -0.889. The Labute approximate surface area is 120 Å². The topological polar surface area (TPSA) is 76.1 Å². The molecule has 1 rings (SSSR count). The van der Waals surface area contributed by atoms with E-state index >= 15 is 0 Å². The average molecular weight is 287 g/mol. The predicted octanol–water partition coefficient (Wildman–Crippen LogP) is 1.14. The molecule has 0 radical (unpaired) electrons. The third kappa shape index (κ3) is 5.46. The number of ether oxygens (including phenoxy) is 2. The molecular weight excluding hydrogens is 262 g/mol. The fraction of sp³-hybridized carbons (Fsp3) is 0.857. The van der Waals surface area contributed by atoms with E-state index in [9.17, 15) is 9.59 Å². The number of nitrogens with zero attached hydrogens (tertiary/aromatic N) is 1. The number of carboxylic acid groups (broad SMARTS) is 1. The minimum absolute atomic E-state index is 0.0906. The first-order chi connectivity index (χ1) is 9.56. The van der Waals surface area contributed by atoms with Gasteiger partial charge in [-0.05, 0) is 26.2 Å². The Kier molecular flexibility index (Phi) is 7.54. The van der Waals surface area contributed by atoms with Gasteiger partial charge in [-0.1, -0.05) is 6.92 Å². The minimum Gasteiger partial charge on any atom is -0.481 e. The van der Waals surface area contributed by atoms with E-state index < -0.39 is 18.0 Å². The van der Waals surface area contributed by atoms with Gasteiger partial charge in [-0.25, -0.2) is 0 Å². The first-order valence-electron chi connectivity index (χ1n) is 7.27. The lowest BCUT2D eigenvalue weighted by atomic mass is 10.1. The molecule has 0 aromatic heterocycles. The van der Waals surface area contributed by atoms with E-state index in [2.05, 4.69) is 0 Å². The summed E-state index contributed by atoms with van der Waals surface area (Å²) in [6.07, 6.45) is 1.92. The molecule has 2 atom stereocenters. The average Bonchev–Trinajstić information content (AvgIpc) is 2.95. The van der Waals surface area contributed by atoms with Crippen LogP contribution in [0.15, 0.2) is 0 Å². The molecule has 0 aromatic rings. The van der Waals surface area contributed by atoms with Crippen LogP contribution in [0.4, 0.5) is 0 Å². The molecule has 20 heavy (non-hydrogen) atoms. The van der Waals surface area contributed by atoms with Gasteiger partial charge < -0.3 is 19.5 Å². The number of carbonyl (C=O) groups excluding carboxylic acids is 1. The van der Waals surface area contributed by atoms with Gasteiger partial charge in [0, 0.05) is 32.9 Å². The lowest BCUT2D eigenvalue weighted by Crippen LogP contribution is -2.43. The van der Waals surface area contributed by atoms with Gasteiger partial charge in [0.1, 0.15) is 6.10 Å². The van der Waals surface area contributed by atoms with Crippen LogP contribution in [0.1, 0.15) is 33.1 Å². The van der Waals surface area contributed by atoms with Gasteiger partial charge in [-0.3, -0.25) is 9.59 Å². The first kappa shape index (κ1) is 16.9. The Hall–Kier alpha value is -1.14. The van der Waals surface area contributed by atoms with Crippen molar-refractivity contribution in [3.63, 3.8) is 0 Å². The molecule has 0 aromatic carbocycles. The van der Waals surface area contributed by atoms with Crippen molar-refractivity contribution in [2.24, 2.45) is 5.92 Å². The number of amides is 1. The summed E-state index contributed by atoms with van der Waals surface area (Å²) in [4.78, 5) is 24.9. The van der Waals surface area contributed by atoms with Gasteiger partial charge in [0.2, 0.25) is 0 Å². The quantitative estimate of drug-likeness (QED) is 0.644. The molecular formula is C14H25NO5. The Morgan fingerprint density at radius 1 is 1.50 bits per heavy atom. The SMILES string of the molecule is CCOCCCN(CC(C)C(=O)O)C(=O)C1CCCO1. The van der Waals surface area contributed by atoms with Crippen molar-refractivity contribution in [3.05, 3.63) is 0 Å². The molecule has 0 aliphatic carbocycles. The van der Waals surface area contributed by atoms with E-state index in [-0.39, 0.29) is 12.5 Å². The Bertz CT molecular complexity index is 315. The van der Waals surface area contributed by atoms with Crippen LogP contribution in [-0.4, -0.2) is 60.9 Å². The van der Waals surface area contributed by atoms with Crippen LogP contribution in [0.25, 0.3) is 0 Å². The van der Waals surface area contributed by atoms with E-state index in [0.29, 0.717) is 32.8 Å². The largest absolute Gasteiger partial charge is 0.481 e. The maximum atomic E-state index is 12.3. The van der Waals surface area contributed by atoms with Crippen LogP contribution >= 0.6 is 0 Å². The fourth-order valence-corrected chi connectivity index (χ4v) is 2.18. The highest BCUT2D eigenvalue weighted by Gasteiger charge is 2.29. The van der Waals surface area contributed by atoms with Crippen LogP contribution in [0.5, 0.6) is 0 Å². The molecule has 1 N–H and O–H groups in total. The number of aliphatic carboxylic acids is 1. The molecule has 6 heteroatoms. The van der Waals surface area contributed by atoms with Gasteiger partial charge in [-0.15, -0.1) is 0 Å². The zero-order chi connectivity index (χ0) is 15.0. The second-order valence-electron chi connectivity index (χ2n) is 5.08. The van der Waals surface area contributed by atoms with E-state index in [1.54, 1.807) is 11.8 Å². The molecule has 2 unspecified atom stereocenters. The van der Waals surface area contributed by atoms with Crippen molar-refractivity contribution in [3.8, 4) is 0 Å². The molecule has 1 amide bonds. The normalized spacial score (nSPS) is 19.8. The van der Waals surface area contributed by atoms with Gasteiger partial charge in [0.25, 0.3) is 5.91 Å². The van der Waals surface area contributed by atoms with E-state index in [0.717, 1.165) is 12.8 Å². The van der Waals surface area contributed by atoms with Gasteiger partial charge >= 0.3 is 5.97 Å². The van der Waals surface area contributed by atoms with Crippen molar-refractivity contribution in [1.29, 1.82) is 0 Å². The highest BCUT2D eigenvalue weighted by atomic mass is 16.5. The Morgan fingerprint density at radius 2 is 2.25 bits per heavy atom. The van der Waals surface area contributed by atoms with Crippen LogP contribution < -0.4 is 0 Å². The van der Waals surface area contributed by atoms with Crippen molar-refractivity contribution in [1.82, 2.24) is 4.90 Å². The van der Waals surface area contributed by atoms with E-state index in [4.69, 9.17) is 14.6 Å². The second kappa shape index (κ2) is 8.92. The number of carbonyl (C=O) groups is 2. The summed E-state index contributed by atoms with van der Waals surface area (Å²) in [5, 5.41) is 8.99. The zero-order valence-corrected chi connectivity index (χ0v) is 12.3. The van der Waals surface area contributed by atoms with Gasteiger partial charge in [0.05, 0.1) is 5.92 Å². The maximum Gasteiger partial charge on any atom is 0.308 e. The fourth-order valence-electron chi connectivity index (χ4n) is 2.18. The number of hydrogen-bond donors (Lipinski definition) is 1. The third-order valence-electron chi connectivity index (χ3n) is 3.35. The van der Waals surface area contributed by atoms with Crippen LogP contribution in [0.3, 0.4) is 0 Å². The molecule has 1 saturated heterocycles. The summed E-state index contributed by atoms with van der Waals surface area (Å²) in [6, 6.07) is 0. The van der Waals surface area contributed by atoms with Crippen LogP contribution in [0, 0.1) is 5.92 Å². The van der Waals surface area contributed by atoms with Crippen LogP contribution in [0.2, 0.25) is 0 Å². The Morgan fingerprint density at radius 3 is 2.80 bits per heavy atom. The van der Waals surface area contributed by atoms with Gasteiger partial charge in [0.15, 0.2) is 0 Å². The lowest BCUT2D eigenvalue weighted by molar-refractivity contribution is -0.146. The summed E-state index contributed by atoms with van der Waals surface area (Å²) in [5.74, 6) is -1.56. The molecule has 0 spiro atoms. The maximum absolute atomic E-state index is 12.3. The van der Waals surface area contributed by atoms with Crippen molar-refractivity contribution in [2.75, 3.05) is 32.9 Å². The summed E-state index contributed by atoms with van der Waals surface area (Å²) in [7, 11) is 0. The monoisotopic (exact) mass is 287 g/mol. The van der Waals surface area contributed by atoms with Crippen molar-refractivity contribution in [2.45, 2.75) is 39.2 Å². The van der Waals surface area contributed by atoms with E-state index in [1.807, 2.05) is 6.92 Å². The Balaban J connectivity index is 2.52. The summed E-state index contributed by atoms with van der Waals surface area (Å²) in [5.41, 5.74) is 0. The molecule has 1 fully saturated rings. The lowest BCUT2D eigenvalue weighted by Gasteiger charge is -2.26. The predicted molar refractivity (Wildman–Crippen MR) is 73.5 cm³/mol. The highest BCUT2D eigenvalue weighted by molar-refractivity contribution is 5.82. The number of carboxylic acids is 1. The van der Waals surface area contributed by atoms with Crippen molar-refractivity contribution >= 4 is 11.9 Å². The van der Waals surface area contributed by atoms with E-state index in [1.165, 1.54) is 0 Å². The number of hydrogen-bond acceptors (Lipinski definition) is 4. The zero-order valence-electron chi connectivity index (χ0n) is 12.3. The molecule has 0 bridgehead atoms. The molecule has 1 aliphatic rings. The van der Waals surface area contributed by atoms with Gasteiger partial charge in [-0.2, -0.15) is 0 Å². The van der Waals surface area contributed by atoms with Crippen molar-refractivity contribution < 1.29 is 24.2 Å². The molecule has 1 heterocycles. The molecule has 0 saturated carbocycles. The first-order valence-corrected chi connectivity index (χ1v) is 7.27. The molecule has 6 nitrogen and oxygen atoms in total. The third-order valence-corrected chi connectivity index (χ3v) is 3.35. The van der Waals surface area contributed by atoms with Crippen LogP contribution in [-0.2, 0) is 19.1 Å². The summed E-state index contributed by atoms with van der Waals surface area (Å²) < 4.78 is 10.7. The smallest absolute Gasteiger partial charge is 0.308 e. The molecule has 1 aliphatic heterocycles.